The lowest BCUT2D eigenvalue weighted by Crippen LogP contribution is -2.22. The fraction of sp³-hybridized carbons (Fsp3) is 0.750. The number of nitro groups is 2. The standard InChI is InChI=1S/C8H16N4O3Si.C6H15ClOSi.C2H2N4O2/c1-16(2,3)5-4-15-7-11-9-6-8(10-11)12(13)14;1-9(2,3)5-4-8-6-7;7-6(8)2-1-3-5-4-2/h6H,4-5,7H2,1-3H3;4-6H2,1-3H3;1H,(H,3,4,5). The van der Waals surface area contributed by atoms with Gasteiger partial charge in [-0.1, -0.05) is 55.7 Å². The predicted molar refractivity (Wildman–Crippen MR) is 129 cm³/mol. The van der Waals surface area contributed by atoms with Crippen molar-refractivity contribution in [3.63, 3.8) is 0 Å². The number of nitrogens with one attached hydrogen (secondary N) is 1. The quantitative estimate of drug-likeness (QED) is 0.149. The summed E-state index contributed by atoms with van der Waals surface area (Å²) in [5, 5.41) is 35.9. The van der Waals surface area contributed by atoms with Crippen LogP contribution < -0.4 is 0 Å². The van der Waals surface area contributed by atoms with Gasteiger partial charge in [-0.15, -0.1) is 15.4 Å². The highest BCUT2D eigenvalue weighted by atomic mass is 35.5. The molecule has 0 spiro atoms. The van der Waals surface area contributed by atoms with Crippen molar-refractivity contribution in [1.82, 2.24) is 30.4 Å². The molecular weight excluding hydrogens is 492 g/mol. The smallest absolute Gasteiger partial charge is 0.366 e. The number of halogens is 1. The molecule has 1 N–H and O–H groups in total. The second-order valence-corrected chi connectivity index (χ2v) is 20.6. The van der Waals surface area contributed by atoms with Crippen molar-refractivity contribution in [1.29, 1.82) is 0 Å². The van der Waals surface area contributed by atoms with Gasteiger partial charge in [-0.25, -0.2) is 0 Å². The highest BCUT2D eigenvalue weighted by molar-refractivity contribution is 6.76. The van der Waals surface area contributed by atoms with Crippen LogP contribution in [0, 0.1) is 20.2 Å². The highest BCUT2D eigenvalue weighted by Gasteiger charge is 2.14. The van der Waals surface area contributed by atoms with Gasteiger partial charge in [-0.05, 0) is 21.9 Å². The van der Waals surface area contributed by atoms with Gasteiger partial charge < -0.3 is 29.7 Å². The molecule has 188 valence electrons. The number of ether oxygens (including phenoxy) is 2. The zero-order valence-electron chi connectivity index (χ0n) is 19.9. The Bertz CT molecular complexity index is 811. The van der Waals surface area contributed by atoms with Crippen molar-refractivity contribution in [2.75, 3.05) is 19.3 Å². The fourth-order valence-electron chi connectivity index (χ4n) is 1.68. The van der Waals surface area contributed by atoms with E-state index in [1.807, 2.05) is 0 Å². The van der Waals surface area contributed by atoms with E-state index in [2.05, 4.69) is 64.9 Å². The van der Waals surface area contributed by atoms with Gasteiger partial charge in [-0.3, -0.25) is 0 Å². The van der Waals surface area contributed by atoms with Gasteiger partial charge in [-0.2, -0.15) is 0 Å². The number of rotatable bonds is 11. The molecule has 0 amide bonds. The summed E-state index contributed by atoms with van der Waals surface area (Å²) in [6.45, 7) is 15.4. The van der Waals surface area contributed by atoms with Crippen molar-refractivity contribution in [2.45, 2.75) is 58.1 Å². The number of aromatic nitrogens is 6. The lowest BCUT2D eigenvalue weighted by Gasteiger charge is -2.14. The lowest BCUT2D eigenvalue weighted by molar-refractivity contribution is -0.390. The number of H-pyrrole nitrogens is 1. The van der Waals surface area contributed by atoms with E-state index in [-0.39, 0.29) is 18.4 Å². The molecule has 14 nitrogen and oxygen atoms in total. The summed E-state index contributed by atoms with van der Waals surface area (Å²) in [7, 11) is -1.97. The highest BCUT2D eigenvalue weighted by Crippen LogP contribution is 2.08. The Hall–Kier alpha value is -2.28. The van der Waals surface area contributed by atoms with Crippen LogP contribution in [-0.2, 0) is 16.2 Å². The molecule has 0 aliphatic heterocycles. The minimum absolute atomic E-state index is 0.165. The second-order valence-electron chi connectivity index (χ2n) is 9.09. The van der Waals surface area contributed by atoms with Gasteiger partial charge in [0, 0.05) is 29.4 Å². The van der Waals surface area contributed by atoms with E-state index in [1.54, 1.807) is 0 Å². The van der Waals surface area contributed by atoms with E-state index in [0.717, 1.165) is 25.0 Å². The Balaban J connectivity index is 0.000000510. The minimum Gasteiger partial charge on any atom is -0.366 e. The van der Waals surface area contributed by atoms with E-state index in [9.17, 15) is 20.2 Å². The minimum atomic E-state index is -1.09. The molecule has 0 radical (unpaired) electrons. The molecule has 2 heterocycles. The summed E-state index contributed by atoms with van der Waals surface area (Å²) in [5.74, 6) is -0.515. The molecule has 0 saturated heterocycles. The van der Waals surface area contributed by atoms with Crippen LogP contribution in [0.3, 0.4) is 0 Å². The van der Waals surface area contributed by atoms with Crippen LogP contribution in [0.4, 0.5) is 11.6 Å². The third kappa shape index (κ3) is 17.9. The van der Waals surface area contributed by atoms with E-state index < -0.39 is 26.0 Å². The third-order valence-electron chi connectivity index (χ3n) is 3.58. The van der Waals surface area contributed by atoms with E-state index in [1.165, 1.54) is 10.8 Å². The number of hydrogen-bond acceptors (Lipinski definition) is 10. The normalized spacial score (nSPS) is 11.1. The monoisotopic (exact) mass is 524 g/mol. The van der Waals surface area contributed by atoms with Crippen molar-refractivity contribution < 1.29 is 19.3 Å². The van der Waals surface area contributed by atoms with Gasteiger partial charge >= 0.3 is 11.6 Å². The maximum Gasteiger partial charge on any atom is 0.410 e. The number of hydrogen-bond donors (Lipinski definition) is 1. The Labute approximate surface area is 199 Å². The molecule has 17 heteroatoms. The van der Waals surface area contributed by atoms with Crippen LogP contribution in [0.15, 0.2) is 12.4 Å². The van der Waals surface area contributed by atoms with Crippen molar-refractivity contribution in [3.05, 3.63) is 32.6 Å². The average Bonchev–Trinajstić information content (AvgIpc) is 3.37. The first-order valence-electron chi connectivity index (χ1n) is 10.0. The van der Waals surface area contributed by atoms with Crippen LogP contribution in [0.1, 0.15) is 0 Å². The summed E-state index contributed by atoms with van der Waals surface area (Å²) in [5.41, 5.74) is 0. The second kappa shape index (κ2) is 15.5. The molecule has 33 heavy (non-hydrogen) atoms. The van der Waals surface area contributed by atoms with Gasteiger partial charge in [0.2, 0.25) is 0 Å². The summed E-state index contributed by atoms with van der Waals surface area (Å²) >= 11 is 5.32. The van der Waals surface area contributed by atoms with Crippen molar-refractivity contribution in [2.24, 2.45) is 0 Å². The molecule has 0 bridgehead atoms. The SMILES string of the molecule is C[Si](C)(C)CCOCCl.C[Si](C)(C)CCOCn1ncc([N+](=O)[O-])n1.O=[N+]([O-])c1cn[nH]n1. The summed E-state index contributed by atoms with van der Waals surface area (Å²) in [6.07, 6.45) is 2.15. The molecule has 0 unspecified atom stereocenters. The molecule has 2 aromatic heterocycles. The topological polar surface area (TPSA) is 177 Å². The largest absolute Gasteiger partial charge is 0.410 e. The zero-order valence-corrected chi connectivity index (χ0v) is 22.6. The Kier molecular flexibility index (Phi) is 14.5. The predicted octanol–water partition coefficient (Wildman–Crippen LogP) is 3.75. The maximum atomic E-state index is 10.3. The Morgan fingerprint density at radius 1 is 0.970 bits per heavy atom. The van der Waals surface area contributed by atoms with E-state index >= 15 is 0 Å². The van der Waals surface area contributed by atoms with Crippen LogP contribution >= 0.6 is 11.6 Å². The molecular formula is C16H33ClN8O6Si2. The van der Waals surface area contributed by atoms with Gasteiger partial charge in [0.15, 0.2) is 19.1 Å². The first-order chi connectivity index (χ1) is 15.2. The van der Waals surface area contributed by atoms with Gasteiger partial charge in [0.25, 0.3) is 0 Å². The lowest BCUT2D eigenvalue weighted by atomic mass is 10.8. The van der Waals surface area contributed by atoms with Gasteiger partial charge in [0.1, 0.15) is 6.07 Å². The molecule has 0 fully saturated rings. The van der Waals surface area contributed by atoms with Crippen molar-refractivity contribution >= 4 is 39.4 Å². The van der Waals surface area contributed by atoms with Crippen LogP contribution in [-0.4, -0.2) is 75.7 Å². The molecule has 2 rings (SSSR count). The molecule has 0 aliphatic rings. The summed E-state index contributed by atoms with van der Waals surface area (Å²) in [4.78, 5) is 20.1. The van der Waals surface area contributed by atoms with Crippen LogP contribution in [0.25, 0.3) is 0 Å². The third-order valence-corrected chi connectivity index (χ3v) is 7.14. The van der Waals surface area contributed by atoms with Crippen LogP contribution in [0.2, 0.25) is 51.4 Å². The van der Waals surface area contributed by atoms with Gasteiger partial charge in [0.05, 0.1) is 10.2 Å². The van der Waals surface area contributed by atoms with E-state index in [0.29, 0.717) is 12.7 Å². The summed E-state index contributed by atoms with van der Waals surface area (Å²) in [6, 6.07) is 2.60. The maximum absolute atomic E-state index is 10.3. The molecule has 0 aliphatic carbocycles. The van der Waals surface area contributed by atoms with Crippen LogP contribution in [0.5, 0.6) is 0 Å². The molecule has 0 saturated carbocycles. The fourth-order valence-corrected chi connectivity index (χ4v) is 3.30. The average molecular weight is 525 g/mol. The first kappa shape index (κ1) is 30.7. The first-order valence-corrected chi connectivity index (χ1v) is 18.0. The van der Waals surface area contributed by atoms with E-state index in [4.69, 9.17) is 21.1 Å². The zero-order chi connectivity index (χ0) is 25.5. The Morgan fingerprint density at radius 2 is 1.52 bits per heavy atom. The Morgan fingerprint density at radius 3 is 1.88 bits per heavy atom. The molecule has 2 aromatic rings. The number of nitrogens with zero attached hydrogens (tertiary/aromatic N) is 7. The number of aromatic amines is 1. The summed E-state index contributed by atoms with van der Waals surface area (Å²) < 4.78 is 10.3. The number of alkyl halides is 1. The molecule has 0 aromatic carbocycles. The van der Waals surface area contributed by atoms with Crippen molar-refractivity contribution in [3.8, 4) is 0 Å². The molecule has 0 atom stereocenters.